The first-order chi connectivity index (χ1) is 12.6. The molecule has 1 amide bonds. The van der Waals surface area contributed by atoms with Crippen molar-refractivity contribution in [3.05, 3.63) is 71.5 Å². The van der Waals surface area contributed by atoms with Crippen molar-refractivity contribution in [3.63, 3.8) is 0 Å². The van der Waals surface area contributed by atoms with Crippen LogP contribution >= 0.6 is 11.3 Å². The van der Waals surface area contributed by atoms with Crippen molar-refractivity contribution in [1.82, 2.24) is 14.4 Å². The van der Waals surface area contributed by atoms with Gasteiger partial charge in [-0.3, -0.25) is 10.1 Å². The van der Waals surface area contributed by atoms with E-state index in [0.717, 1.165) is 0 Å². The summed E-state index contributed by atoms with van der Waals surface area (Å²) in [6.45, 7) is 0. The van der Waals surface area contributed by atoms with Crippen LogP contribution in [-0.2, 0) is 0 Å². The summed E-state index contributed by atoms with van der Waals surface area (Å²) < 4.78 is 27.6. The van der Waals surface area contributed by atoms with Crippen molar-refractivity contribution >= 4 is 28.0 Å². The molecular formula is C18H12F2N4OS. The summed E-state index contributed by atoms with van der Waals surface area (Å²) in [4.78, 5) is 21.0. The highest BCUT2D eigenvalue weighted by Gasteiger charge is 2.16. The SMILES string of the molecule is O=C(Nc1nccs1)c1cccn2cc(-c3cccc(C(F)F)c3)nc12. The third-order valence-corrected chi connectivity index (χ3v) is 4.50. The summed E-state index contributed by atoms with van der Waals surface area (Å²) in [5.41, 5.74) is 1.83. The van der Waals surface area contributed by atoms with Crippen LogP contribution in [0.25, 0.3) is 16.9 Å². The molecule has 4 rings (SSSR count). The van der Waals surface area contributed by atoms with Gasteiger partial charge in [-0.1, -0.05) is 18.2 Å². The van der Waals surface area contributed by atoms with E-state index in [1.807, 2.05) is 0 Å². The molecule has 0 saturated carbocycles. The number of hydrogen-bond donors (Lipinski definition) is 1. The van der Waals surface area contributed by atoms with Crippen molar-refractivity contribution in [2.24, 2.45) is 0 Å². The maximum atomic E-state index is 12.9. The minimum atomic E-state index is -2.55. The first-order valence-corrected chi connectivity index (χ1v) is 8.57. The zero-order valence-corrected chi connectivity index (χ0v) is 14.1. The van der Waals surface area contributed by atoms with Crippen molar-refractivity contribution in [2.75, 3.05) is 5.32 Å². The lowest BCUT2D eigenvalue weighted by atomic mass is 10.1. The van der Waals surface area contributed by atoms with Crippen LogP contribution < -0.4 is 5.32 Å². The second-order valence-corrected chi connectivity index (χ2v) is 6.39. The van der Waals surface area contributed by atoms with Crippen LogP contribution in [0.1, 0.15) is 22.3 Å². The zero-order chi connectivity index (χ0) is 18.1. The van der Waals surface area contributed by atoms with E-state index >= 15 is 0 Å². The van der Waals surface area contributed by atoms with E-state index < -0.39 is 6.43 Å². The number of anilines is 1. The van der Waals surface area contributed by atoms with E-state index in [1.165, 1.54) is 23.5 Å². The fourth-order valence-electron chi connectivity index (χ4n) is 2.61. The van der Waals surface area contributed by atoms with Crippen LogP contribution in [0.2, 0.25) is 0 Å². The lowest BCUT2D eigenvalue weighted by molar-refractivity contribution is 0.102. The Hall–Kier alpha value is -3.13. The highest BCUT2D eigenvalue weighted by molar-refractivity contribution is 7.13. The molecule has 0 fully saturated rings. The summed E-state index contributed by atoms with van der Waals surface area (Å²) in [6.07, 6.45) is 2.51. The Morgan fingerprint density at radius 2 is 2.12 bits per heavy atom. The molecule has 0 bridgehead atoms. The van der Waals surface area contributed by atoms with Gasteiger partial charge in [-0.25, -0.2) is 18.7 Å². The van der Waals surface area contributed by atoms with Gasteiger partial charge in [-0.15, -0.1) is 11.3 Å². The molecule has 3 aromatic heterocycles. The van der Waals surface area contributed by atoms with Crippen LogP contribution in [0, 0.1) is 0 Å². The number of benzene rings is 1. The number of amides is 1. The molecular weight excluding hydrogens is 358 g/mol. The topological polar surface area (TPSA) is 59.3 Å². The molecule has 0 unspecified atom stereocenters. The van der Waals surface area contributed by atoms with Gasteiger partial charge >= 0.3 is 0 Å². The Bertz CT molecular complexity index is 1080. The van der Waals surface area contributed by atoms with Gasteiger partial charge in [0.2, 0.25) is 0 Å². The van der Waals surface area contributed by atoms with Crippen molar-refractivity contribution in [2.45, 2.75) is 6.43 Å². The minimum absolute atomic E-state index is 0.0682. The van der Waals surface area contributed by atoms with E-state index in [4.69, 9.17) is 0 Å². The van der Waals surface area contributed by atoms with E-state index in [2.05, 4.69) is 15.3 Å². The number of carbonyl (C=O) groups is 1. The van der Waals surface area contributed by atoms with E-state index in [-0.39, 0.29) is 11.5 Å². The lowest BCUT2D eigenvalue weighted by Gasteiger charge is -2.03. The van der Waals surface area contributed by atoms with E-state index in [9.17, 15) is 13.6 Å². The summed E-state index contributed by atoms with van der Waals surface area (Å²) in [5.74, 6) is -0.330. The quantitative estimate of drug-likeness (QED) is 0.569. The average Bonchev–Trinajstić information content (AvgIpc) is 3.30. The van der Waals surface area contributed by atoms with Gasteiger partial charge in [-0.05, 0) is 18.2 Å². The Kier molecular flexibility index (Phi) is 4.18. The minimum Gasteiger partial charge on any atom is -0.306 e. The average molecular weight is 370 g/mol. The third-order valence-electron chi connectivity index (χ3n) is 3.81. The second-order valence-electron chi connectivity index (χ2n) is 5.50. The molecule has 5 nitrogen and oxygen atoms in total. The molecule has 0 atom stereocenters. The summed E-state index contributed by atoms with van der Waals surface area (Å²) >= 11 is 1.32. The molecule has 0 saturated heterocycles. The number of nitrogens with one attached hydrogen (secondary N) is 1. The van der Waals surface area contributed by atoms with Gasteiger partial charge in [0.1, 0.15) is 5.65 Å². The molecule has 0 aliphatic rings. The maximum Gasteiger partial charge on any atom is 0.263 e. The second kappa shape index (κ2) is 6.64. The first-order valence-electron chi connectivity index (χ1n) is 7.69. The number of carbonyl (C=O) groups excluding carboxylic acids is 1. The van der Waals surface area contributed by atoms with Crippen molar-refractivity contribution < 1.29 is 13.6 Å². The number of aromatic nitrogens is 3. The number of alkyl halides is 2. The highest BCUT2D eigenvalue weighted by Crippen LogP contribution is 2.26. The molecule has 4 aromatic rings. The molecule has 0 aliphatic carbocycles. The smallest absolute Gasteiger partial charge is 0.263 e. The Morgan fingerprint density at radius 3 is 2.88 bits per heavy atom. The number of rotatable bonds is 4. The molecule has 130 valence electrons. The molecule has 1 N–H and O–H groups in total. The fraction of sp³-hybridized carbons (Fsp3) is 0.0556. The molecule has 8 heteroatoms. The zero-order valence-electron chi connectivity index (χ0n) is 13.3. The van der Waals surface area contributed by atoms with Crippen LogP contribution in [0.15, 0.2) is 60.4 Å². The van der Waals surface area contributed by atoms with Gasteiger partial charge < -0.3 is 4.40 Å². The standard InChI is InChI=1S/C18H12F2N4OS/c19-15(20)12-4-1-3-11(9-12)14-10-24-7-2-5-13(16(24)22-14)17(25)23-18-21-6-8-26-18/h1-10,15H,(H,21,23,25). The highest BCUT2D eigenvalue weighted by atomic mass is 32.1. The van der Waals surface area contributed by atoms with Gasteiger partial charge in [0.05, 0.1) is 11.3 Å². The number of fused-ring (bicyclic) bond motifs is 1. The van der Waals surface area contributed by atoms with Crippen LogP contribution in [0.5, 0.6) is 0 Å². The van der Waals surface area contributed by atoms with Crippen molar-refractivity contribution in [1.29, 1.82) is 0 Å². The van der Waals surface area contributed by atoms with Gasteiger partial charge in [0.15, 0.2) is 5.13 Å². The summed E-state index contributed by atoms with van der Waals surface area (Å²) in [5, 5.41) is 4.98. The van der Waals surface area contributed by atoms with Gasteiger partial charge in [0.25, 0.3) is 12.3 Å². The third kappa shape index (κ3) is 3.06. The number of thiazole rings is 1. The molecule has 0 aliphatic heterocycles. The molecule has 0 spiro atoms. The van der Waals surface area contributed by atoms with Gasteiger partial charge in [0, 0.05) is 35.1 Å². The van der Waals surface area contributed by atoms with E-state index in [1.54, 1.807) is 52.6 Å². The maximum absolute atomic E-state index is 12.9. The van der Waals surface area contributed by atoms with Gasteiger partial charge in [-0.2, -0.15) is 0 Å². The molecule has 1 aromatic carbocycles. The van der Waals surface area contributed by atoms with E-state index in [0.29, 0.717) is 27.6 Å². The normalized spacial score (nSPS) is 11.2. The first kappa shape index (κ1) is 16.3. The fourth-order valence-corrected chi connectivity index (χ4v) is 3.14. The largest absolute Gasteiger partial charge is 0.306 e. The molecule has 0 radical (unpaired) electrons. The molecule has 26 heavy (non-hydrogen) atoms. The number of halogens is 2. The van der Waals surface area contributed by atoms with Crippen LogP contribution in [0.4, 0.5) is 13.9 Å². The number of pyridine rings is 1. The number of imidazole rings is 1. The van der Waals surface area contributed by atoms with Crippen LogP contribution in [0.3, 0.4) is 0 Å². The lowest BCUT2D eigenvalue weighted by Crippen LogP contribution is -2.13. The Balaban J connectivity index is 1.74. The number of nitrogens with zero attached hydrogens (tertiary/aromatic N) is 3. The molecule has 3 heterocycles. The Morgan fingerprint density at radius 1 is 1.23 bits per heavy atom. The predicted molar refractivity (Wildman–Crippen MR) is 95.7 cm³/mol. The summed E-state index contributed by atoms with van der Waals surface area (Å²) in [7, 11) is 0. The van der Waals surface area contributed by atoms with Crippen LogP contribution in [-0.4, -0.2) is 20.3 Å². The summed E-state index contributed by atoms with van der Waals surface area (Å²) in [6, 6.07) is 9.44. The predicted octanol–water partition coefficient (Wildman–Crippen LogP) is 4.65. The Labute approximate surface area is 151 Å². The van der Waals surface area contributed by atoms with Crippen molar-refractivity contribution in [3.8, 4) is 11.3 Å². The number of hydrogen-bond acceptors (Lipinski definition) is 4. The monoisotopic (exact) mass is 370 g/mol.